The van der Waals surface area contributed by atoms with Crippen molar-refractivity contribution in [3.63, 3.8) is 0 Å². The van der Waals surface area contributed by atoms with E-state index in [9.17, 15) is 9.90 Å². The van der Waals surface area contributed by atoms with Crippen molar-refractivity contribution in [3.8, 4) is 0 Å². The molecule has 0 saturated heterocycles. The summed E-state index contributed by atoms with van der Waals surface area (Å²) in [7, 11) is 2.06. The van der Waals surface area contributed by atoms with Crippen molar-refractivity contribution in [3.05, 3.63) is 35.9 Å². The molecule has 2 N–H and O–H groups in total. The van der Waals surface area contributed by atoms with Crippen LogP contribution in [0.1, 0.15) is 25.8 Å². The number of hydrogen-bond acceptors (Lipinski definition) is 3. The van der Waals surface area contributed by atoms with Gasteiger partial charge in [-0.1, -0.05) is 30.3 Å². The summed E-state index contributed by atoms with van der Waals surface area (Å²) < 4.78 is 0. The van der Waals surface area contributed by atoms with E-state index >= 15 is 0 Å². The Morgan fingerprint density at radius 3 is 2.53 bits per heavy atom. The molecule has 4 heteroatoms. The van der Waals surface area contributed by atoms with Crippen molar-refractivity contribution in [2.75, 3.05) is 20.1 Å². The predicted molar refractivity (Wildman–Crippen MR) is 76.7 cm³/mol. The Balaban J connectivity index is 2.18. The first kappa shape index (κ1) is 15.7. The van der Waals surface area contributed by atoms with Crippen LogP contribution in [0, 0.1) is 0 Å². The molecule has 19 heavy (non-hydrogen) atoms. The molecule has 0 bridgehead atoms. The molecule has 1 rings (SSSR count). The van der Waals surface area contributed by atoms with Gasteiger partial charge >= 0.3 is 0 Å². The normalized spacial score (nSPS) is 11.6. The lowest BCUT2D eigenvalue weighted by atomic mass is 10.1. The third-order valence-electron chi connectivity index (χ3n) is 2.85. The molecule has 0 spiro atoms. The van der Waals surface area contributed by atoms with Crippen LogP contribution in [0.15, 0.2) is 30.3 Å². The van der Waals surface area contributed by atoms with Gasteiger partial charge in [0.05, 0.1) is 0 Å². The summed E-state index contributed by atoms with van der Waals surface area (Å²) in [6.45, 7) is 5.37. The van der Waals surface area contributed by atoms with Crippen LogP contribution in [0.5, 0.6) is 0 Å². The van der Waals surface area contributed by atoms with E-state index in [1.54, 1.807) is 0 Å². The molecule has 0 atom stereocenters. The average molecular weight is 264 g/mol. The first-order valence-corrected chi connectivity index (χ1v) is 6.63. The van der Waals surface area contributed by atoms with Crippen molar-refractivity contribution in [2.45, 2.75) is 32.4 Å². The maximum atomic E-state index is 11.4. The molecule has 106 valence electrons. The number of amides is 1. The van der Waals surface area contributed by atoms with Crippen LogP contribution in [-0.2, 0) is 11.3 Å². The van der Waals surface area contributed by atoms with Gasteiger partial charge in [-0.25, -0.2) is 0 Å². The highest BCUT2D eigenvalue weighted by molar-refractivity contribution is 5.83. The smallest absolute Gasteiger partial charge is 0.251 e. The molecular formula is C15H24N2O2. The highest BCUT2D eigenvalue weighted by Gasteiger charge is 2.22. The van der Waals surface area contributed by atoms with Crippen LogP contribution in [0.2, 0.25) is 0 Å². The molecule has 0 saturated carbocycles. The minimum Gasteiger partial charge on any atom is -0.381 e. The number of carbonyl (C=O) groups excluding carboxylic acids is 1. The molecule has 0 fully saturated rings. The summed E-state index contributed by atoms with van der Waals surface area (Å²) in [5.41, 5.74) is -0.0128. The van der Waals surface area contributed by atoms with Gasteiger partial charge in [-0.3, -0.25) is 4.79 Å². The highest BCUT2D eigenvalue weighted by Crippen LogP contribution is 2.03. The second kappa shape index (κ2) is 7.26. The van der Waals surface area contributed by atoms with Gasteiger partial charge < -0.3 is 15.3 Å². The molecular weight excluding hydrogens is 240 g/mol. The Hall–Kier alpha value is -1.39. The third kappa shape index (κ3) is 6.36. The number of hydrogen-bond donors (Lipinski definition) is 2. The maximum absolute atomic E-state index is 11.4. The largest absolute Gasteiger partial charge is 0.381 e. The Morgan fingerprint density at radius 1 is 1.32 bits per heavy atom. The van der Waals surface area contributed by atoms with Crippen LogP contribution in [-0.4, -0.2) is 41.7 Å². The summed E-state index contributed by atoms with van der Waals surface area (Å²) in [5, 5.41) is 12.2. The van der Waals surface area contributed by atoms with Crippen LogP contribution in [0.3, 0.4) is 0 Å². The lowest BCUT2D eigenvalue weighted by Crippen LogP contribution is -2.42. The second-order valence-electron chi connectivity index (χ2n) is 5.39. The van der Waals surface area contributed by atoms with E-state index in [2.05, 4.69) is 29.4 Å². The van der Waals surface area contributed by atoms with E-state index in [1.165, 1.54) is 19.4 Å². The standard InChI is InChI=1S/C15H24N2O2/c1-15(2,19)14(18)16-10-7-11-17(3)12-13-8-5-4-6-9-13/h4-6,8-9,19H,7,10-12H2,1-3H3,(H,16,18). The number of nitrogens with one attached hydrogen (secondary N) is 1. The van der Waals surface area contributed by atoms with Crippen molar-refractivity contribution in [1.82, 2.24) is 10.2 Å². The van der Waals surface area contributed by atoms with Gasteiger partial charge in [-0.05, 0) is 39.4 Å². The number of nitrogens with zero attached hydrogens (tertiary/aromatic N) is 1. The molecule has 0 heterocycles. The average Bonchev–Trinajstić information content (AvgIpc) is 2.34. The Morgan fingerprint density at radius 2 is 1.95 bits per heavy atom. The first-order chi connectivity index (χ1) is 8.89. The molecule has 1 amide bonds. The highest BCUT2D eigenvalue weighted by atomic mass is 16.3. The van der Waals surface area contributed by atoms with Crippen molar-refractivity contribution >= 4 is 5.91 Å². The summed E-state index contributed by atoms with van der Waals surface area (Å²) in [4.78, 5) is 13.6. The fourth-order valence-corrected chi connectivity index (χ4v) is 1.74. The Bertz CT molecular complexity index is 385. The molecule has 0 unspecified atom stereocenters. The molecule has 0 radical (unpaired) electrons. The second-order valence-corrected chi connectivity index (χ2v) is 5.39. The van der Waals surface area contributed by atoms with Crippen molar-refractivity contribution < 1.29 is 9.90 Å². The third-order valence-corrected chi connectivity index (χ3v) is 2.85. The van der Waals surface area contributed by atoms with Gasteiger partial charge in [0, 0.05) is 13.1 Å². The predicted octanol–water partition coefficient (Wildman–Crippen LogP) is 1.40. The molecule has 0 aliphatic rings. The summed E-state index contributed by atoms with van der Waals surface area (Å²) in [5.74, 6) is -0.321. The lowest BCUT2D eigenvalue weighted by molar-refractivity contribution is -0.136. The number of carbonyl (C=O) groups is 1. The number of aliphatic hydroxyl groups is 1. The van der Waals surface area contributed by atoms with Crippen molar-refractivity contribution in [1.29, 1.82) is 0 Å². The van der Waals surface area contributed by atoms with E-state index in [1.807, 2.05) is 18.2 Å². The maximum Gasteiger partial charge on any atom is 0.251 e. The zero-order valence-electron chi connectivity index (χ0n) is 12.0. The Kier molecular flexibility index (Phi) is 5.99. The molecule has 1 aromatic carbocycles. The van der Waals surface area contributed by atoms with Gasteiger partial charge in [0.25, 0.3) is 5.91 Å². The quantitative estimate of drug-likeness (QED) is 0.732. The SMILES string of the molecule is CN(CCCNC(=O)C(C)(C)O)Cc1ccccc1. The lowest BCUT2D eigenvalue weighted by Gasteiger charge is -2.19. The fraction of sp³-hybridized carbons (Fsp3) is 0.533. The van der Waals surface area contributed by atoms with Gasteiger partial charge in [0.15, 0.2) is 0 Å². The van der Waals surface area contributed by atoms with Gasteiger partial charge in [-0.15, -0.1) is 0 Å². The van der Waals surface area contributed by atoms with E-state index in [0.29, 0.717) is 6.54 Å². The van der Waals surface area contributed by atoms with E-state index < -0.39 is 5.60 Å². The fourth-order valence-electron chi connectivity index (χ4n) is 1.74. The van der Waals surface area contributed by atoms with Crippen molar-refractivity contribution in [2.24, 2.45) is 0 Å². The van der Waals surface area contributed by atoms with E-state index in [-0.39, 0.29) is 5.91 Å². The van der Waals surface area contributed by atoms with E-state index in [4.69, 9.17) is 0 Å². The van der Waals surface area contributed by atoms with Gasteiger partial charge in [0.1, 0.15) is 5.60 Å². The van der Waals surface area contributed by atoms with Gasteiger partial charge in [0.2, 0.25) is 0 Å². The minimum atomic E-state index is -1.30. The van der Waals surface area contributed by atoms with Crippen LogP contribution in [0.25, 0.3) is 0 Å². The molecule has 0 aromatic heterocycles. The van der Waals surface area contributed by atoms with Crippen LogP contribution in [0.4, 0.5) is 0 Å². The summed E-state index contributed by atoms with van der Waals surface area (Å²) in [6, 6.07) is 10.3. The van der Waals surface area contributed by atoms with Crippen LogP contribution >= 0.6 is 0 Å². The zero-order chi connectivity index (χ0) is 14.3. The molecule has 1 aromatic rings. The molecule has 4 nitrogen and oxygen atoms in total. The Labute approximate surface area is 115 Å². The van der Waals surface area contributed by atoms with Gasteiger partial charge in [-0.2, -0.15) is 0 Å². The number of benzene rings is 1. The van der Waals surface area contributed by atoms with E-state index in [0.717, 1.165) is 19.5 Å². The first-order valence-electron chi connectivity index (χ1n) is 6.63. The summed E-state index contributed by atoms with van der Waals surface area (Å²) in [6.07, 6.45) is 0.866. The topological polar surface area (TPSA) is 52.6 Å². The molecule has 0 aliphatic heterocycles. The minimum absolute atomic E-state index is 0.321. The summed E-state index contributed by atoms with van der Waals surface area (Å²) >= 11 is 0. The van der Waals surface area contributed by atoms with Crippen LogP contribution < -0.4 is 5.32 Å². The number of rotatable bonds is 7. The molecule has 0 aliphatic carbocycles. The zero-order valence-corrected chi connectivity index (χ0v) is 12.0. The monoisotopic (exact) mass is 264 g/mol.